The molecular formula is C19H25NO. The molecule has 21 heavy (non-hydrogen) atoms. The van der Waals surface area contributed by atoms with Crippen LogP contribution in [0.15, 0.2) is 36.4 Å². The van der Waals surface area contributed by atoms with Gasteiger partial charge in [0, 0.05) is 12.2 Å². The second-order valence-corrected chi connectivity index (χ2v) is 5.92. The van der Waals surface area contributed by atoms with Gasteiger partial charge in [0.2, 0.25) is 0 Å². The summed E-state index contributed by atoms with van der Waals surface area (Å²) >= 11 is 0. The van der Waals surface area contributed by atoms with Crippen LogP contribution in [0.4, 0.5) is 5.69 Å². The molecule has 2 nitrogen and oxygen atoms in total. The fraction of sp³-hybridized carbons (Fsp3) is 0.368. The van der Waals surface area contributed by atoms with Crippen LogP contribution in [0.1, 0.15) is 36.1 Å². The van der Waals surface area contributed by atoms with Gasteiger partial charge in [-0.3, -0.25) is 0 Å². The van der Waals surface area contributed by atoms with Gasteiger partial charge in [0.05, 0.1) is 6.10 Å². The van der Waals surface area contributed by atoms with Gasteiger partial charge in [-0.05, 0) is 75.6 Å². The van der Waals surface area contributed by atoms with Gasteiger partial charge < -0.3 is 10.1 Å². The van der Waals surface area contributed by atoms with Crippen molar-refractivity contribution in [2.75, 3.05) is 5.32 Å². The number of nitrogens with one attached hydrogen (secondary N) is 1. The standard InChI is InChI=1S/C19H25NO/c1-13(2)21-18-8-6-17(7-9-18)20-12-19-15(4)10-14(3)11-16(19)5/h6-11,13,20H,12H2,1-5H3. The number of hydrogen-bond acceptors (Lipinski definition) is 2. The number of hydrogen-bond donors (Lipinski definition) is 1. The molecule has 0 saturated heterocycles. The maximum absolute atomic E-state index is 5.66. The van der Waals surface area contributed by atoms with Gasteiger partial charge in [-0.15, -0.1) is 0 Å². The van der Waals surface area contributed by atoms with E-state index in [1.54, 1.807) is 0 Å². The maximum Gasteiger partial charge on any atom is 0.119 e. The quantitative estimate of drug-likeness (QED) is 0.832. The number of benzene rings is 2. The minimum absolute atomic E-state index is 0.210. The molecule has 2 rings (SSSR count). The lowest BCUT2D eigenvalue weighted by Crippen LogP contribution is -2.06. The Morgan fingerprint density at radius 3 is 2.05 bits per heavy atom. The van der Waals surface area contributed by atoms with Gasteiger partial charge in [0.1, 0.15) is 5.75 Å². The van der Waals surface area contributed by atoms with E-state index < -0.39 is 0 Å². The van der Waals surface area contributed by atoms with E-state index in [0.29, 0.717) is 0 Å². The topological polar surface area (TPSA) is 21.3 Å². The molecule has 0 amide bonds. The summed E-state index contributed by atoms with van der Waals surface area (Å²) < 4.78 is 5.66. The van der Waals surface area contributed by atoms with Crippen molar-refractivity contribution in [3.05, 3.63) is 58.7 Å². The molecule has 0 unspecified atom stereocenters. The third-order valence-corrected chi connectivity index (χ3v) is 3.54. The van der Waals surface area contributed by atoms with Gasteiger partial charge in [-0.2, -0.15) is 0 Å². The SMILES string of the molecule is Cc1cc(C)c(CNc2ccc(OC(C)C)cc2)c(C)c1. The first-order chi connectivity index (χ1) is 9.95. The lowest BCUT2D eigenvalue weighted by Gasteiger charge is -2.14. The molecule has 0 bridgehead atoms. The second kappa shape index (κ2) is 6.66. The molecule has 0 radical (unpaired) electrons. The summed E-state index contributed by atoms with van der Waals surface area (Å²) in [5.74, 6) is 0.915. The average Bonchev–Trinajstić information content (AvgIpc) is 2.38. The van der Waals surface area contributed by atoms with E-state index in [9.17, 15) is 0 Å². The van der Waals surface area contributed by atoms with Crippen LogP contribution >= 0.6 is 0 Å². The fourth-order valence-corrected chi connectivity index (χ4v) is 2.60. The molecule has 0 aliphatic rings. The molecule has 0 aliphatic carbocycles. The molecule has 0 fully saturated rings. The Hall–Kier alpha value is -1.96. The zero-order valence-electron chi connectivity index (χ0n) is 13.7. The predicted octanol–water partition coefficient (Wildman–Crippen LogP) is 5.01. The van der Waals surface area contributed by atoms with E-state index in [0.717, 1.165) is 18.0 Å². The summed E-state index contributed by atoms with van der Waals surface area (Å²) in [6.07, 6.45) is 0.210. The Bertz CT molecular complexity index is 576. The predicted molar refractivity (Wildman–Crippen MR) is 90.2 cm³/mol. The van der Waals surface area contributed by atoms with Gasteiger partial charge in [0.25, 0.3) is 0 Å². The van der Waals surface area contributed by atoms with Crippen molar-refractivity contribution < 1.29 is 4.74 Å². The third kappa shape index (κ3) is 4.25. The normalized spacial score (nSPS) is 10.8. The minimum Gasteiger partial charge on any atom is -0.491 e. The van der Waals surface area contributed by atoms with Crippen molar-refractivity contribution in [3.63, 3.8) is 0 Å². The highest BCUT2D eigenvalue weighted by Gasteiger charge is 2.04. The smallest absolute Gasteiger partial charge is 0.119 e. The summed E-state index contributed by atoms with van der Waals surface area (Å²) in [4.78, 5) is 0. The molecule has 0 saturated carbocycles. The lowest BCUT2D eigenvalue weighted by molar-refractivity contribution is 0.242. The largest absolute Gasteiger partial charge is 0.491 e. The summed E-state index contributed by atoms with van der Waals surface area (Å²) in [5, 5.41) is 3.49. The van der Waals surface area contributed by atoms with Gasteiger partial charge in [-0.1, -0.05) is 17.7 Å². The van der Waals surface area contributed by atoms with Crippen molar-refractivity contribution in [2.45, 2.75) is 47.3 Å². The number of ether oxygens (including phenoxy) is 1. The van der Waals surface area contributed by atoms with E-state index in [1.165, 1.54) is 22.3 Å². The van der Waals surface area contributed by atoms with Crippen LogP contribution in [0.2, 0.25) is 0 Å². The highest BCUT2D eigenvalue weighted by atomic mass is 16.5. The molecule has 2 heteroatoms. The molecule has 2 aromatic carbocycles. The van der Waals surface area contributed by atoms with Crippen LogP contribution in [0.25, 0.3) is 0 Å². The number of aryl methyl sites for hydroxylation is 3. The average molecular weight is 283 g/mol. The lowest BCUT2D eigenvalue weighted by atomic mass is 10.00. The Kier molecular flexibility index (Phi) is 4.89. The molecule has 0 heterocycles. The Morgan fingerprint density at radius 2 is 1.52 bits per heavy atom. The first kappa shape index (κ1) is 15.4. The van der Waals surface area contributed by atoms with E-state index in [4.69, 9.17) is 4.74 Å². The molecule has 0 spiro atoms. The third-order valence-electron chi connectivity index (χ3n) is 3.54. The van der Waals surface area contributed by atoms with Crippen LogP contribution in [-0.2, 0) is 6.54 Å². The van der Waals surface area contributed by atoms with Crippen LogP contribution in [0.5, 0.6) is 5.75 Å². The molecule has 112 valence electrons. The first-order valence-electron chi connectivity index (χ1n) is 7.53. The molecule has 0 aromatic heterocycles. The monoisotopic (exact) mass is 283 g/mol. The second-order valence-electron chi connectivity index (χ2n) is 5.92. The Morgan fingerprint density at radius 1 is 0.952 bits per heavy atom. The van der Waals surface area contributed by atoms with Crippen molar-refractivity contribution in [3.8, 4) is 5.75 Å². The first-order valence-corrected chi connectivity index (χ1v) is 7.53. The van der Waals surface area contributed by atoms with Crippen LogP contribution in [0.3, 0.4) is 0 Å². The van der Waals surface area contributed by atoms with Crippen molar-refractivity contribution in [2.24, 2.45) is 0 Å². The minimum atomic E-state index is 0.210. The molecule has 0 atom stereocenters. The van der Waals surface area contributed by atoms with Crippen LogP contribution < -0.4 is 10.1 Å². The zero-order chi connectivity index (χ0) is 15.4. The summed E-state index contributed by atoms with van der Waals surface area (Å²) in [6.45, 7) is 11.4. The van der Waals surface area contributed by atoms with Gasteiger partial charge >= 0.3 is 0 Å². The highest BCUT2D eigenvalue weighted by Crippen LogP contribution is 2.20. The van der Waals surface area contributed by atoms with Crippen LogP contribution in [-0.4, -0.2) is 6.10 Å². The van der Waals surface area contributed by atoms with Crippen molar-refractivity contribution in [1.82, 2.24) is 0 Å². The maximum atomic E-state index is 5.66. The number of rotatable bonds is 5. The summed E-state index contributed by atoms with van der Waals surface area (Å²) in [5.41, 5.74) is 6.51. The Balaban J connectivity index is 2.03. The molecule has 1 N–H and O–H groups in total. The van der Waals surface area contributed by atoms with E-state index in [-0.39, 0.29) is 6.10 Å². The van der Waals surface area contributed by atoms with Crippen molar-refractivity contribution in [1.29, 1.82) is 0 Å². The zero-order valence-corrected chi connectivity index (χ0v) is 13.7. The fourth-order valence-electron chi connectivity index (χ4n) is 2.60. The van der Waals surface area contributed by atoms with Crippen molar-refractivity contribution >= 4 is 5.69 Å². The van der Waals surface area contributed by atoms with E-state index in [1.807, 2.05) is 26.0 Å². The molecule has 0 aliphatic heterocycles. The van der Waals surface area contributed by atoms with Gasteiger partial charge in [-0.25, -0.2) is 0 Å². The van der Waals surface area contributed by atoms with Crippen LogP contribution in [0, 0.1) is 20.8 Å². The van der Waals surface area contributed by atoms with E-state index >= 15 is 0 Å². The summed E-state index contributed by atoms with van der Waals surface area (Å²) in [7, 11) is 0. The molecule has 2 aromatic rings. The number of anilines is 1. The summed E-state index contributed by atoms with van der Waals surface area (Å²) in [6, 6.07) is 12.6. The van der Waals surface area contributed by atoms with E-state index in [2.05, 4.69) is 50.4 Å². The highest BCUT2D eigenvalue weighted by molar-refractivity contribution is 5.48. The molecular weight excluding hydrogens is 258 g/mol. The van der Waals surface area contributed by atoms with Gasteiger partial charge in [0.15, 0.2) is 0 Å². The Labute approximate surface area is 128 Å².